The number of nitrogen functional groups attached to an aromatic ring is 1. The van der Waals surface area contributed by atoms with Gasteiger partial charge in [-0.1, -0.05) is 23.2 Å². The molecular formula is C13H16Cl2N2O2. The molecule has 3 N–H and O–H groups in total. The third-order valence-electron chi connectivity index (χ3n) is 2.90. The van der Waals surface area contributed by atoms with Gasteiger partial charge < -0.3 is 15.8 Å². The predicted molar refractivity (Wildman–Crippen MR) is 76.8 cm³/mol. The first-order valence-corrected chi connectivity index (χ1v) is 6.94. The highest BCUT2D eigenvalue weighted by Gasteiger charge is 2.20. The van der Waals surface area contributed by atoms with Gasteiger partial charge in [0.25, 0.3) is 5.91 Å². The quantitative estimate of drug-likeness (QED) is 0.627. The van der Waals surface area contributed by atoms with Crippen molar-refractivity contribution in [3.63, 3.8) is 0 Å². The molecule has 0 unspecified atom stereocenters. The van der Waals surface area contributed by atoms with Crippen molar-refractivity contribution in [3.05, 3.63) is 27.7 Å². The van der Waals surface area contributed by atoms with E-state index in [4.69, 9.17) is 33.7 Å². The SMILES string of the molecule is Nc1cc(C(=O)NCCOCC2CC2)cc(Cl)c1Cl. The minimum absolute atomic E-state index is 0.236. The van der Waals surface area contributed by atoms with Crippen molar-refractivity contribution in [3.8, 4) is 0 Å². The smallest absolute Gasteiger partial charge is 0.251 e. The second kappa shape index (κ2) is 6.46. The van der Waals surface area contributed by atoms with E-state index in [9.17, 15) is 4.79 Å². The van der Waals surface area contributed by atoms with Gasteiger partial charge in [0.15, 0.2) is 0 Å². The van der Waals surface area contributed by atoms with Gasteiger partial charge in [-0.15, -0.1) is 0 Å². The molecule has 1 aromatic rings. The lowest BCUT2D eigenvalue weighted by atomic mass is 10.2. The number of carbonyl (C=O) groups is 1. The van der Waals surface area contributed by atoms with Gasteiger partial charge >= 0.3 is 0 Å². The molecule has 1 fully saturated rings. The number of carbonyl (C=O) groups excluding carboxylic acids is 1. The predicted octanol–water partition coefficient (Wildman–Crippen LogP) is 2.73. The summed E-state index contributed by atoms with van der Waals surface area (Å²) in [6.45, 7) is 1.76. The average molecular weight is 303 g/mol. The van der Waals surface area contributed by atoms with Crippen LogP contribution in [0.15, 0.2) is 12.1 Å². The zero-order valence-electron chi connectivity index (χ0n) is 10.4. The summed E-state index contributed by atoms with van der Waals surface area (Å²) in [5.41, 5.74) is 6.35. The number of halogens is 2. The highest BCUT2D eigenvalue weighted by atomic mass is 35.5. The van der Waals surface area contributed by atoms with Crippen molar-refractivity contribution in [2.75, 3.05) is 25.5 Å². The van der Waals surface area contributed by atoms with Gasteiger partial charge in [-0.3, -0.25) is 4.79 Å². The summed E-state index contributed by atoms with van der Waals surface area (Å²) in [5, 5.41) is 3.29. The monoisotopic (exact) mass is 302 g/mol. The topological polar surface area (TPSA) is 64.4 Å². The molecule has 4 nitrogen and oxygen atoms in total. The van der Waals surface area contributed by atoms with Crippen LogP contribution in [0, 0.1) is 5.92 Å². The van der Waals surface area contributed by atoms with E-state index >= 15 is 0 Å². The van der Waals surface area contributed by atoms with Gasteiger partial charge in [-0.2, -0.15) is 0 Å². The Labute approximate surface area is 122 Å². The summed E-state index contributed by atoms with van der Waals surface area (Å²) < 4.78 is 5.42. The van der Waals surface area contributed by atoms with Crippen LogP contribution in [0.1, 0.15) is 23.2 Å². The zero-order valence-corrected chi connectivity index (χ0v) is 11.9. The molecule has 0 saturated heterocycles. The van der Waals surface area contributed by atoms with Crippen molar-refractivity contribution >= 4 is 34.8 Å². The van der Waals surface area contributed by atoms with Crippen LogP contribution >= 0.6 is 23.2 Å². The number of benzene rings is 1. The molecule has 0 atom stereocenters. The van der Waals surface area contributed by atoms with Crippen molar-refractivity contribution in [2.45, 2.75) is 12.8 Å². The Kier molecular flexibility index (Phi) is 4.91. The van der Waals surface area contributed by atoms with E-state index < -0.39 is 0 Å². The van der Waals surface area contributed by atoms with Crippen LogP contribution in [0.5, 0.6) is 0 Å². The Hall–Kier alpha value is -0.970. The summed E-state index contributed by atoms with van der Waals surface area (Å²) in [6, 6.07) is 3.01. The Bertz CT molecular complexity index is 453. The van der Waals surface area contributed by atoms with Gasteiger partial charge in [-0.05, 0) is 30.9 Å². The van der Waals surface area contributed by atoms with Gasteiger partial charge in [0.2, 0.25) is 0 Å². The number of anilines is 1. The molecule has 104 valence electrons. The molecule has 19 heavy (non-hydrogen) atoms. The summed E-state index contributed by atoms with van der Waals surface area (Å²) in [5.74, 6) is 0.492. The summed E-state index contributed by atoms with van der Waals surface area (Å²) in [7, 11) is 0. The maximum atomic E-state index is 11.8. The number of hydrogen-bond acceptors (Lipinski definition) is 3. The molecule has 1 aliphatic rings. The Balaban J connectivity index is 1.78. The van der Waals surface area contributed by atoms with Crippen LogP contribution in [-0.4, -0.2) is 25.7 Å². The molecule has 1 aliphatic carbocycles. The Morgan fingerprint density at radius 2 is 2.16 bits per heavy atom. The van der Waals surface area contributed by atoms with E-state index in [-0.39, 0.29) is 16.0 Å². The number of nitrogens with two attached hydrogens (primary N) is 1. The van der Waals surface area contributed by atoms with Gasteiger partial charge in [0.1, 0.15) is 0 Å². The number of nitrogens with one attached hydrogen (secondary N) is 1. The number of rotatable bonds is 6. The van der Waals surface area contributed by atoms with Crippen LogP contribution in [0.2, 0.25) is 10.0 Å². The van der Waals surface area contributed by atoms with Crippen LogP contribution in [-0.2, 0) is 4.74 Å². The number of ether oxygens (including phenoxy) is 1. The van der Waals surface area contributed by atoms with Crippen LogP contribution in [0.4, 0.5) is 5.69 Å². The van der Waals surface area contributed by atoms with E-state index in [1.807, 2.05) is 0 Å². The highest BCUT2D eigenvalue weighted by Crippen LogP contribution is 2.29. The van der Waals surface area contributed by atoms with Crippen molar-refractivity contribution < 1.29 is 9.53 Å². The first-order chi connectivity index (χ1) is 9.08. The third-order valence-corrected chi connectivity index (χ3v) is 3.72. The molecule has 1 saturated carbocycles. The van der Waals surface area contributed by atoms with Crippen LogP contribution in [0.3, 0.4) is 0 Å². The fraction of sp³-hybridized carbons (Fsp3) is 0.462. The van der Waals surface area contributed by atoms with E-state index in [1.54, 1.807) is 0 Å². The standard InChI is InChI=1S/C13H16Cl2N2O2/c14-10-5-9(6-11(16)12(10)15)13(18)17-3-4-19-7-8-1-2-8/h5-6,8H,1-4,7,16H2,(H,17,18). The zero-order chi connectivity index (χ0) is 13.8. The normalized spacial score (nSPS) is 14.4. The Morgan fingerprint density at radius 3 is 2.79 bits per heavy atom. The number of amides is 1. The van der Waals surface area contributed by atoms with E-state index in [2.05, 4.69) is 5.32 Å². The molecule has 2 rings (SSSR count). The number of hydrogen-bond donors (Lipinski definition) is 2. The highest BCUT2D eigenvalue weighted by molar-refractivity contribution is 6.43. The lowest BCUT2D eigenvalue weighted by Gasteiger charge is -2.08. The summed E-state index contributed by atoms with van der Waals surface area (Å²) in [4.78, 5) is 11.8. The molecule has 0 aliphatic heterocycles. The second-order valence-corrected chi connectivity index (χ2v) is 5.42. The van der Waals surface area contributed by atoms with Gasteiger partial charge in [0, 0.05) is 18.7 Å². The molecule has 1 amide bonds. The molecule has 0 heterocycles. The van der Waals surface area contributed by atoms with Crippen LogP contribution < -0.4 is 11.1 Å². The molecular weight excluding hydrogens is 287 g/mol. The molecule has 0 bridgehead atoms. The summed E-state index contributed by atoms with van der Waals surface area (Å²) >= 11 is 11.7. The first kappa shape index (κ1) is 14.4. The lowest BCUT2D eigenvalue weighted by molar-refractivity contribution is 0.0906. The minimum Gasteiger partial charge on any atom is -0.397 e. The van der Waals surface area contributed by atoms with Crippen molar-refractivity contribution in [1.29, 1.82) is 0 Å². The summed E-state index contributed by atoms with van der Waals surface area (Å²) in [6.07, 6.45) is 2.52. The molecule has 1 aromatic carbocycles. The maximum absolute atomic E-state index is 11.8. The van der Waals surface area contributed by atoms with Crippen LogP contribution in [0.25, 0.3) is 0 Å². The molecule has 0 aromatic heterocycles. The van der Waals surface area contributed by atoms with E-state index in [0.717, 1.165) is 12.5 Å². The lowest BCUT2D eigenvalue weighted by Crippen LogP contribution is -2.27. The molecule has 6 heteroatoms. The van der Waals surface area contributed by atoms with Gasteiger partial charge in [-0.25, -0.2) is 0 Å². The van der Waals surface area contributed by atoms with E-state index in [1.165, 1.54) is 25.0 Å². The molecule has 0 radical (unpaired) electrons. The fourth-order valence-electron chi connectivity index (χ4n) is 1.61. The maximum Gasteiger partial charge on any atom is 0.251 e. The first-order valence-electron chi connectivity index (χ1n) is 6.18. The third kappa shape index (κ3) is 4.27. The molecule has 0 spiro atoms. The van der Waals surface area contributed by atoms with Crippen molar-refractivity contribution in [1.82, 2.24) is 5.32 Å². The second-order valence-electron chi connectivity index (χ2n) is 4.64. The van der Waals surface area contributed by atoms with Crippen molar-refractivity contribution in [2.24, 2.45) is 5.92 Å². The van der Waals surface area contributed by atoms with E-state index in [0.29, 0.717) is 24.4 Å². The fourth-order valence-corrected chi connectivity index (χ4v) is 1.95. The van der Waals surface area contributed by atoms with Gasteiger partial charge in [0.05, 0.1) is 22.3 Å². The average Bonchev–Trinajstić information content (AvgIpc) is 3.18. The largest absolute Gasteiger partial charge is 0.397 e. The Morgan fingerprint density at radius 1 is 1.42 bits per heavy atom. The minimum atomic E-state index is -0.236.